The van der Waals surface area contributed by atoms with Crippen molar-refractivity contribution in [1.82, 2.24) is 9.88 Å². The van der Waals surface area contributed by atoms with Gasteiger partial charge in [0.05, 0.1) is 0 Å². The molecule has 1 N–H and O–H groups in total. The number of nitrogens with zero attached hydrogens (tertiary/aromatic N) is 2. The number of hydrogen-bond donors (Lipinski definition) is 1. The topological polar surface area (TPSA) is 62.3 Å². The van der Waals surface area contributed by atoms with E-state index >= 15 is 0 Å². The molecule has 25 heavy (non-hydrogen) atoms. The minimum atomic E-state index is -0.327. The maximum atomic E-state index is 12.4. The van der Waals surface area contributed by atoms with Crippen molar-refractivity contribution in [2.24, 2.45) is 0 Å². The summed E-state index contributed by atoms with van der Waals surface area (Å²) in [6.45, 7) is 9.29. The third kappa shape index (κ3) is 4.66. The van der Waals surface area contributed by atoms with Gasteiger partial charge in [-0.15, -0.1) is 0 Å². The zero-order valence-corrected chi connectivity index (χ0v) is 15.2. The standard InChI is InChI=1S/C20H25N3O2/c1-5-23(6-2)20(25)18-9-7-8-17(22-18)19(24)21-16-12-10-15(11-13-16)14(3)4/h7-14H,5-6H2,1-4H3,(H,21,24). The highest BCUT2D eigenvalue weighted by molar-refractivity contribution is 6.03. The normalized spacial score (nSPS) is 10.6. The third-order valence-electron chi connectivity index (χ3n) is 4.09. The van der Waals surface area contributed by atoms with Crippen LogP contribution in [-0.2, 0) is 0 Å². The Morgan fingerprint density at radius 1 is 1.00 bits per heavy atom. The summed E-state index contributed by atoms with van der Waals surface area (Å²) in [6.07, 6.45) is 0. The number of hydrogen-bond acceptors (Lipinski definition) is 3. The summed E-state index contributed by atoms with van der Waals surface area (Å²) in [6, 6.07) is 12.7. The van der Waals surface area contributed by atoms with Crippen LogP contribution in [0.25, 0.3) is 0 Å². The van der Waals surface area contributed by atoms with Crippen LogP contribution in [-0.4, -0.2) is 34.8 Å². The molecule has 2 amide bonds. The Balaban J connectivity index is 2.14. The number of amides is 2. The molecule has 2 rings (SSSR count). The lowest BCUT2D eigenvalue weighted by Gasteiger charge is -2.18. The molecule has 5 heteroatoms. The van der Waals surface area contributed by atoms with Crippen LogP contribution < -0.4 is 5.32 Å². The molecular weight excluding hydrogens is 314 g/mol. The second-order valence-corrected chi connectivity index (χ2v) is 6.12. The van der Waals surface area contributed by atoms with Crippen LogP contribution in [0.15, 0.2) is 42.5 Å². The van der Waals surface area contributed by atoms with Gasteiger partial charge in [0.15, 0.2) is 0 Å². The van der Waals surface area contributed by atoms with Crippen LogP contribution in [0.2, 0.25) is 0 Å². The van der Waals surface area contributed by atoms with Crippen LogP contribution in [0.1, 0.15) is 60.2 Å². The van der Waals surface area contributed by atoms with Crippen molar-refractivity contribution >= 4 is 17.5 Å². The first-order valence-electron chi connectivity index (χ1n) is 8.63. The molecular formula is C20H25N3O2. The van der Waals surface area contributed by atoms with Crippen molar-refractivity contribution in [3.8, 4) is 0 Å². The quantitative estimate of drug-likeness (QED) is 0.867. The van der Waals surface area contributed by atoms with Gasteiger partial charge in [-0.2, -0.15) is 0 Å². The van der Waals surface area contributed by atoms with Crippen LogP contribution in [0.3, 0.4) is 0 Å². The molecule has 0 radical (unpaired) electrons. The zero-order chi connectivity index (χ0) is 18.4. The average molecular weight is 339 g/mol. The first-order valence-corrected chi connectivity index (χ1v) is 8.63. The van der Waals surface area contributed by atoms with Gasteiger partial charge in [0.1, 0.15) is 11.4 Å². The lowest BCUT2D eigenvalue weighted by molar-refractivity contribution is 0.0767. The van der Waals surface area contributed by atoms with Crippen LogP contribution in [0.4, 0.5) is 5.69 Å². The molecule has 0 aliphatic carbocycles. The van der Waals surface area contributed by atoms with E-state index in [-0.39, 0.29) is 23.2 Å². The summed E-state index contributed by atoms with van der Waals surface area (Å²) in [5, 5.41) is 2.82. The molecule has 5 nitrogen and oxygen atoms in total. The molecule has 0 fully saturated rings. The average Bonchev–Trinajstić information content (AvgIpc) is 2.63. The van der Waals surface area contributed by atoms with Gasteiger partial charge in [-0.3, -0.25) is 9.59 Å². The van der Waals surface area contributed by atoms with Gasteiger partial charge in [0.2, 0.25) is 0 Å². The smallest absolute Gasteiger partial charge is 0.274 e. The first kappa shape index (κ1) is 18.6. The van der Waals surface area contributed by atoms with Crippen molar-refractivity contribution in [2.45, 2.75) is 33.6 Å². The van der Waals surface area contributed by atoms with E-state index in [9.17, 15) is 9.59 Å². The molecule has 2 aromatic rings. The van der Waals surface area contributed by atoms with E-state index in [1.807, 2.05) is 38.1 Å². The van der Waals surface area contributed by atoms with E-state index in [0.717, 1.165) is 0 Å². The van der Waals surface area contributed by atoms with Crippen molar-refractivity contribution in [1.29, 1.82) is 0 Å². The van der Waals surface area contributed by atoms with Crippen LogP contribution in [0.5, 0.6) is 0 Å². The molecule has 1 heterocycles. The number of rotatable bonds is 6. The van der Waals surface area contributed by atoms with E-state index in [1.54, 1.807) is 23.1 Å². The molecule has 0 saturated heterocycles. The minimum Gasteiger partial charge on any atom is -0.338 e. The van der Waals surface area contributed by atoms with Gasteiger partial charge in [-0.1, -0.05) is 32.0 Å². The van der Waals surface area contributed by atoms with Crippen LogP contribution >= 0.6 is 0 Å². The summed E-state index contributed by atoms with van der Waals surface area (Å²) >= 11 is 0. The highest BCUT2D eigenvalue weighted by atomic mass is 16.2. The summed E-state index contributed by atoms with van der Waals surface area (Å²) in [5.41, 5.74) is 2.43. The Labute approximate surface area is 149 Å². The highest BCUT2D eigenvalue weighted by Crippen LogP contribution is 2.17. The maximum absolute atomic E-state index is 12.4. The first-order chi connectivity index (χ1) is 12.0. The predicted octanol–water partition coefficient (Wildman–Crippen LogP) is 3.94. The van der Waals surface area contributed by atoms with Crippen molar-refractivity contribution in [3.05, 3.63) is 59.4 Å². The van der Waals surface area contributed by atoms with Gasteiger partial charge in [0.25, 0.3) is 11.8 Å². The molecule has 0 saturated carbocycles. The predicted molar refractivity (Wildman–Crippen MR) is 100.0 cm³/mol. The number of carbonyl (C=O) groups excluding carboxylic acids is 2. The lowest BCUT2D eigenvalue weighted by atomic mass is 10.0. The van der Waals surface area contributed by atoms with Gasteiger partial charge >= 0.3 is 0 Å². The Morgan fingerprint density at radius 2 is 1.60 bits per heavy atom. The molecule has 132 valence electrons. The Kier molecular flexibility index (Phi) is 6.28. The Hall–Kier alpha value is -2.69. The highest BCUT2D eigenvalue weighted by Gasteiger charge is 2.16. The van der Waals surface area contributed by atoms with Crippen molar-refractivity contribution < 1.29 is 9.59 Å². The molecule has 1 aromatic carbocycles. The molecule has 0 bridgehead atoms. The minimum absolute atomic E-state index is 0.166. The summed E-state index contributed by atoms with van der Waals surface area (Å²) in [4.78, 5) is 30.7. The fraction of sp³-hybridized carbons (Fsp3) is 0.350. The number of aromatic nitrogens is 1. The number of pyridine rings is 1. The fourth-order valence-corrected chi connectivity index (χ4v) is 2.50. The van der Waals surface area contributed by atoms with Gasteiger partial charge in [-0.05, 0) is 49.6 Å². The van der Waals surface area contributed by atoms with Crippen molar-refractivity contribution in [3.63, 3.8) is 0 Å². The van der Waals surface area contributed by atoms with Crippen LogP contribution in [0, 0.1) is 0 Å². The van der Waals surface area contributed by atoms with E-state index < -0.39 is 0 Å². The van der Waals surface area contributed by atoms with Gasteiger partial charge < -0.3 is 10.2 Å². The van der Waals surface area contributed by atoms with Gasteiger partial charge in [0, 0.05) is 18.8 Å². The molecule has 0 spiro atoms. The number of carbonyl (C=O) groups is 2. The second kappa shape index (κ2) is 8.42. The lowest BCUT2D eigenvalue weighted by Crippen LogP contribution is -2.31. The number of nitrogens with one attached hydrogen (secondary N) is 1. The maximum Gasteiger partial charge on any atom is 0.274 e. The molecule has 0 aliphatic heterocycles. The Bertz CT molecular complexity index is 735. The summed E-state index contributed by atoms with van der Waals surface area (Å²) in [7, 11) is 0. The van der Waals surface area contributed by atoms with E-state index in [4.69, 9.17) is 0 Å². The molecule has 0 unspecified atom stereocenters. The monoisotopic (exact) mass is 339 g/mol. The SMILES string of the molecule is CCN(CC)C(=O)c1cccc(C(=O)Nc2ccc(C(C)C)cc2)n1. The van der Waals surface area contributed by atoms with Gasteiger partial charge in [-0.25, -0.2) is 4.98 Å². The van der Waals surface area contributed by atoms with Crippen molar-refractivity contribution in [2.75, 3.05) is 18.4 Å². The molecule has 0 atom stereocenters. The summed E-state index contributed by atoms with van der Waals surface area (Å²) < 4.78 is 0. The van der Waals surface area contributed by atoms with E-state index in [2.05, 4.69) is 24.1 Å². The molecule has 0 aliphatic rings. The Morgan fingerprint density at radius 3 is 2.16 bits per heavy atom. The second-order valence-electron chi connectivity index (χ2n) is 6.12. The largest absolute Gasteiger partial charge is 0.338 e. The summed E-state index contributed by atoms with van der Waals surface area (Å²) in [5.74, 6) is -0.0541. The third-order valence-corrected chi connectivity index (χ3v) is 4.09. The van der Waals surface area contributed by atoms with E-state index in [1.165, 1.54) is 5.56 Å². The number of anilines is 1. The number of benzene rings is 1. The molecule has 1 aromatic heterocycles. The fourth-order valence-electron chi connectivity index (χ4n) is 2.50. The van der Waals surface area contributed by atoms with E-state index in [0.29, 0.717) is 24.7 Å². The zero-order valence-electron chi connectivity index (χ0n) is 15.2.